The first-order chi connectivity index (χ1) is 8.83. The average molecular weight is 245 g/mol. The number of hydrogen-bond acceptors (Lipinski definition) is 3. The zero-order valence-corrected chi connectivity index (χ0v) is 9.96. The average Bonchev–Trinajstić information content (AvgIpc) is 2.90. The highest BCUT2D eigenvalue weighted by Crippen LogP contribution is 2.15. The van der Waals surface area contributed by atoms with Crippen molar-refractivity contribution in [3.63, 3.8) is 0 Å². The fourth-order valence-electron chi connectivity index (χ4n) is 2.06. The number of hydrogen-bond donors (Lipinski definition) is 0. The molecule has 0 unspecified atom stereocenters. The van der Waals surface area contributed by atoms with Crippen LogP contribution in [0.25, 0.3) is 11.4 Å². The topological polar surface area (TPSA) is 34.0 Å². The van der Waals surface area contributed by atoms with E-state index in [0.717, 1.165) is 31.5 Å². The van der Waals surface area contributed by atoms with Crippen molar-refractivity contribution in [2.24, 2.45) is 0 Å². The van der Waals surface area contributed by atoms with Gasteiger partial charge in [-0.1, -0.05) is 0 Å². The van der Waals surface area contributed by atoms with Crippen molar-refractivity contribution < 1.29 is 4.39 Å². The van der Waals surface area contributed by atoms with Crippen molar-refractivity contribution in [1.29, 1.82) is 0 Å². The molecular weight excluding hydrogens is 231 g/mol. The van der Waals surface area contributed by atoms with E-state index in [-0.39, 0.29) is 5.82 Å². The molecule has 0 spiro atoms. The molecule has 0 aliphatic carbocycles. The van der Waals surface area contributed by atoms with Crippen LogP contribution in [0, 0.1) is 12.2 Å². The molecule has 0 N–H and O–H groups in total. The highest BCUT2D eigenvalue weighted by molar-refractivity contribution is 5.53. The zero-order valence-electron chi connectivity index (χ0n) is 9.96. The highest BCUT2D eigenvalue weighted by atomic mass is 19.1. The monoisotopic (exact) mass is 245 g/mol. The minimum absolute atomic E-state index is 0.246. The van der Waals surface area contributed by atoms with Gasteiger partial charge in [-0.3, -0.25) is 5.01 Å². The fraction of sp³-hybridized carbons (Fsp3) is 0.308. The number of aromatic nitrogens is 3. The minimum Gasteiger partial charge on any atom is -0.295 e. The van der Waals surface area contributed by atoms with Crippen LogP contribution in [0.4, 0.5) is 4.39 Å². The third-order valence-corrected chi connectivity index (χ3v) is 3.06. The Hall–Kier alpha value is -1.91. The predicted octanol–water partition coefficient (Wildman–Crippen LogP) is 2.02. The van der Waals surface area contributed by atoms with Crippen LogP contribution in [0.15, 0.2) is 30.6 Å². The first kappa shape index (κ1) is 11.2. The van der Waals surface area contributed by atoms with E-state index in [2.05, 4.69) is 21.5 Å². The summed E-state index contributed by atoms with van der Waals surface area (Å²) in [5.74, 6) is 0.384. The molecule has 1 saturated heterocycles. The molecule has 1 fully saturated rings. The predicted molar refractivity (Wildman–Crippen MR) is 66.9 cm³/mol. The quantitative estimate of drug-likeness (QED) is 0.811. The molecule has 1 aliphatic heterocycles. The van der Waals surface area contributed by atoms with Gasteiger partial charge in [-0.15, -0.1) is 5.10 Å². The fourth-order valence-corrected chi connectivity index (χ4v) is 2.06. The molecule has 4 nitrogen and oxygen atoms in total. The third kappa shape index (κ3) is 2.20. The lowest BCUT2D eigenvalue weighted by molar-refractivity contribution is 0.492. The molecule has 2 aromatic rings. The van der Waals surface area contributed by atoms with Crippen molar-refractivity contribution in [2.45, 2.75) is 12.8 Å². The van der Waals surface area contributed by atoms with Gasteiger partial charge in [0.2, 0.25) is 0 Å². The van der Waals surface area contributed by atoms with E-state index in [0.29, 0.717) is 5.82 Å². The van der Waals surface area contributed by atoms with E-state index >= 15 is 0 Å². The maximum Gasteiger partial charge on any atom is 0.183 e. The van der Waals surface area contributed by atoms with Crippen LogP contribution < -0.4 is 5.01 Å². The highest BCUT2D eigenvalue weighted by Gasteiger charge is 2.13. The molecule has 1 aliphatic rings. The van der Waals surface area contributed by atoms with Gasteiger partial charge >= 0.3 is 0 Å². The summed E-state index contributed by atoms with van der Waals surface area (Å²) in [6.07, 6.45) is 6.15. The molecule has 1 radical (unpaired) electrons. The van der Waals surface area contributed by atoms with Gasteiger partial charge in [0.25, 0.3) is 0 Å². The summed E-state index contributed by atoms with van der Waals surface area (Å²) in [5.41, 5.74) is 0.832. The molecular formula is C13H14FN4. The molecule has 5 heteroatoms. The first-order valence-electron chi connectivity index (χ1n) is 6.07. The minimum atomic E-state index is -0.246. The second-order valence-electron chi connectivity index (χ2n) is 4.32. The first-order valence-corrected chi connectivity index (χ1v) is 6.07. The van der Waals surface area contributed by atoms with E-state index < -0.39 is 0 Å². The zero-order chi connectivity index (χ0) is 12.4. The van der Waals surface area contributed by atoms with E-state index in [4.69, 9.17) is 0 Å². The van der Waals surface area contributed by atoms with Gasteiger partial charge in [0.15, 0.2) is 5.82 Å². The summed E-state index contributed by atoms with van der Waals surface area (Å²) < 4.78 is 12.8. The van der Waals surface area contributed by atoms with Gasteiger partial charge in [0.05, 0.1) is 0 Å². The molecule has 0 saturated carbocycles. The van der Waals surface area contributed by atoms with Crippen molar-refractivity contribution in [1.82, 2.24) is 14.9 Å². The standard InChI is InChI=1S/C13H14FN4/c14-12-6-4-11(5-7-12)13-15-10-18(16-13)17-8-2-1-3-9-17/h1,4-7,10H,2-3,8-9H2. The van der Waals surface area contributed by atoms with Gasteiger partial charge in [0.1, 0.15) is 12.1 Å². The van der Waals surface area contributed by atoms with E-state index in [1.807, 2.05) is 0 Å². The second-order valence-corrected chi connectivity index (χ2v) is 4.32. The molecule has 0 bridgehead atoms. The van der Waals surface area contributed by atoms with Crippen LogP contribution in [0.1, 0.15) is 12.8 Å². The molecule has 3 rings (SSSR count). The van der Waals surface area contributed by atoms with E-state index in [1.165, 1.54) is 12.1 Å². The molecule has 1 aromatic carbocycles. The molecule has 18 heavy (non-hydrogen) atoms. The maximum atomic E-state index is 12.8. The Morgan fingerprint density at radius 1 is 1.06 bits per heavy atom. The van der Waals surface area contributed by atoms with E-state index in [9.17, 15) is 4.39 Å². The van der Waals surface area contributed by atoms with Gasteiger partial charge in [-0.25, -0.2) is 9.37 Å². The Morgan fingerprint density at radius 2 is 1.78 bits per heavy atom. The Bertz CT molecular complexity index is 514. The largest absolute Gasteiger partial charge is 0.295 e. The Morgan fingerprint density at radius 3 is 2.50 bits per heavy atom. The lowest BCUT2D eigenvalue weighted by Crippen LogP contribution is -2.39. The molecule has 1 aromatic heterocycles. The Kier molecular flexibility index (Phi) is 2.96. The lowest BCUT2D eigenvalue weighted by atomic mass is 10.2. The number of piperidine rings is 1. The number of rotatable bonds is 2. The summed E-state index contributed by atoms with van der Waals surface area (Å²) in [5, 5.41) is 6.58. The van der Waals surface area contributed by atoms with Gasteiger partial charge in [-0.2, -0.15) is 4.79 Å². The van der Waals surface area contributed by atoms with Crippen LogP contribution >= 0.6 is 0 Å². The SMILES string of the molecule is Fc1ccc(-c2ncn(N3CC[CH]CC3)n2)cc1. The van der Waals surface area contributed by atoms with Crippen LogP contribution in [0.3, 0.4) is 0 Å². The maximum absolute atomic E-state index is 12.8. The van der Waals surface area contributed by atoms with Crippen LogP contribution in [-0.4, -0.2) is 28.0 Å². The Labute approximate surface area is 105 Å². The summed E-state index contributed by atoms with van der Waals surface area (Å²) in [4.78, 5) is 6.05. The Balaban J connectivity index is 1.82. The normalized spacial score (nSPS) is 15.9. The number of benzene rings is 1. The summed E-state index contributed by atoms with van der Waals surface area (Å²) >= 11 is 0. The molecule has 0 atom stereocenters. The number of nitrogens with zero attached hydrogens (tertiary/aromatic N) is 4. The van der Waals surface area contributed by atoms with Crippen molar-refractivity contribution >= 4 is 0 Å². The van der Waals surface area contributed by atoms with Crippen molar-refractivity contribution in [3.8, 4) is 11.4 Å². The van der Waals surface area contributed by atoms with Crippen molar-refractivity contribution in [2.75, 3.05) is 18.1 Å². The molecule has 0 amide bonds. The summed E-state index contributed by atoms with van der Waals surface area (Å²) in [6, 6.07) is 6.23. The smallest absolute Gasteiger partial charge is 0.183 e. The van der Waals surface area contributed by atoms with Gasteiger partial charge in [0, 0.05) is 18.7 Å². The number of halogens is 1. The summed E-state index contributed by atoms with van der Waals surface area (Å²) in [6.45, 7) is 1.93. The molecule has 2 heterocycles. The summed E-state index contributed by atoms with van der Waals surface area (Å²) in [7, 11) is 0. The third-order valence-electron chi connectivity index (χ3n) is 3.06. The van der Waals surface area contributed by atoms with Gasteiger partial charge in [-0.05, 0) is 43.5 Å². The van der Waals surface area contributed by atoms with Crippen LogP contribution in [0.2, 0.25) is 0 Å². The second kappa shape index (κ2) is 4.76. The van der Waals surface area contributed by atoms with Crippen LogP contribution in [0.5, 0.6) is 0 Å². The van der Waals surface area contributed by atoms with Gasteiger partial charge < -0.3 is 0 Å². The molecule has 93 valence electrons. The van der Waals surface area contributed by atoms with E-state index in [1.54, 1.807) is 23.3 Å². The van der Waals surface area contributed by atoms with Crippen molar-refractivity contribution in [3.05, 3.63) is 42.8 Å². The van der Waals surface area contributed by atoms with Crippen LogP contribution in [-0.2, 0) is 0 Å². The lowest BCUT2D eigenvalue weighted by Gasteiger charge is -2.27.